The number of carbonyl (C=O) groups is 3. The molecule has 1 saturated heterocycles. The van der Waals surface area contributed by atoms with Crippen molar-refractivity contribution in [3.8, 4) is 0 Å². The number of aryl methyl sites for hydroxylation is 1. The summed E-state index contributed by atoms with van der Waals surface area (Å²) >= 11 is 0. The SMILES string of the molecule is CCCCCCCCOC(=O)NC(=N)c1ccc(NCc2nc3cc(C(C)(NCC(=O)OC)C(=O)N4CCCC4)ccc3n2C)cc1. The van der Waals surface area contributed by atoms with Crippen LogP contribution in [0.4, 0.5) is 10.5 Å². The van der Waals surface area contributed by atoms with Crippen molar-refractivity contribution in [1.29, 1.82) is 5.41 Å². The summed E-state index contributed by atoms with van der Waals surface area (Å²) in [7, 11) is 3.27. The summed E-state index contributed by atoms with van der Waals surface area (Å²) in [4.78, 5) is 44.5. The summed E-state index contributed by atoms with van der Waals surface area (Å²) in [5.41, 5.74) is 2.64. The van der Waals surface area contributed by atoms with Gasteiger partial charge in [0.05, 0.1) is 37.8 Å². The zero-order chi connectivity index (χ0) is 33.8. The summed E-state index contributed by atoms with van der Waals surface area (Å²) in [6.45, 7) is 6.06. The Morgan fingerprint density at radius 2 is 1.70 bits per heavy atom. The monoisotopic (exact) mass is 647 g/mol. The second-order valence-electron chi connectivity index (χ2n) is 12.2. The highest BCUT2D eigenvalue weighted by atomic mass is 16.5. The number of unbranched alkanes of at least 4 members (excludes halogenated alkanes) is 5. The van der Waals surface area contributed by atoms with Crippen LogP contribution in [-0.4, -0.2) is 71.6 Å². The Hall–Kier alpha value is -4.45. The molecule has 1 atom stereocenters. The average molecular weight is 648 g/mol. The number of anilines is 1. The van der Waals surface area contributed by atoms with Gasteiger partial charge in [-0.25, -0.2) is 9.78 Å². The summed E-state index contributed by atoms with van der Waals surface area (Å²) < 4.78 is 12.0. The maximum Gasteiger partial charge on any atom is 0.412 e. The van der Waals surface area contributed by atoms with Gasteiger partial charge in [0.25, 0.3) is 0 Å². The van der Waals surface area contributed by atoms with E-state index in [1.54, 1.807) is 12.1 Å². The molecule has 1 aliphatic rings. The van der Waals surface area contributed by atoms with Gasteiger partial charge in [0.1, 0.15) is 17.2 Å². The second kappa shape index (κ2) is 16.9. The number of imidazole rings is 1. The first-order chi connectivity index (χ1) is 22.7. The molecule has 4 rings (SSSR count). The predicted molar refractivity (Wildman–Crippen MR) is 182 cm³/mol. The molecule has 0 radical (unpaired) electrons. The number of aromatic nitrogens is 2. The molecule has 1 aromatic heterocycles. The number of hydrogen-bond donors (Lipinski definition) is 4. The number of hydrogen-bond acceptors (Lipinski definition) is 9. The quantitative estimate of drug-likeness (QED) is 0.0717. The highest BCUT2D eigenvalue weighted by molar-refractivity contribution is 6.04. The minimum atomic E-state index is -1.13. The molecule has 2 aromatic carbocycles. The fourth-order valence-electron chi connectivity index (χ4n) is 5.77. The van der Waals surface area contributed by atoms with Crippen molar-refractivity contribution in [2.75, 3.05) is 38.7 Å². The van der Waals surface area contributed by atoms with E-state index in [4.69, 9.17) is 19.9 Å². The molecule has 4 N–H and O–H groups in total. The van der Waals surface area contributed by atoms with Gasteiger partial charge in [-0.2, -0.15) is 0 Å². The maximum absolute atomic E-state index is 13.7. The van der Waals surface area contributed by atoms with E-state index in [2.05, 4.69) is 22.9 Å². The molecule has 3 aromatic rings. The van der Waals surface area contributed by atoms with Crippen molar-refractivity contribution in [3.05, 3.63) is 59.4 Å². The number of benzene rings is 2. The lowest BCUT2D eigenvalue weighted by Gasteiger charge is -2.33. The van der Waals surface area contributed by atoms with Crippen LogP contribution in [0.1, 0.15) is 82.2 Å². The van der Waals surface area contributed by atoms with E-state index in [1.807, 2.05) is 53.8 Å². The van der Waals surface area contributed by atoms with Crippen molar-refractivity contribution in [1.82, 2.24) is 25.1 Å². The van der Waals surface area contributed by atoms with Crippen LogP contribution < -0.4 is 16.0 Å². The normalized spacial score (nSPS) is 14.1. The van der Waals surface area contributed by atoms with Crippen molar-refractivity contribution in [3.63, 3.8) is 0 Å². The van der Waals surface area contributed by atoms with E-state index in [0.717, 1.165) is 60.2 Å². The number of amidine groups is 1. The largest absolute Gasteiger partial charge is 0.468 e. The van der Waals surface area contributed by atoms with Gasteiger partial charge >= 0.3 is 12.1 Å². The molecular formula is C35H49N7O5. The number of nitrogens with one attached hydrogen (secondary N) is 4. The first-order valence-corrected chi connectivity index (χ1v) is 16.6. The number of carbonyl (C=O) groups excluding carboxylic acids is 3. The first kappa shape index (κ1) is 35.4. The molecule has 0 bridgehead atoms. The van der Waals surface area contributed by atoms with Gasteiger partial charge in [-0.1, -0.05) is 45.1 Å². The zero-order valence-corrected chi connectivity index (χ0v) is 28.1. The van der Waals surface area contributed by atoms with E-state index in [0.29, 0.717) is 31.8 Å². The summed E-state index contributed by atoms with van der Waals surface area (Å²) in [5, 5.41) is 17.3. The summed E-state index contributed by atoms with van der Waals surface area (Å²) in [5.74, 6) is 0.249. The fourth-order valence-corrected chi connectivity index (χ4v) is 5.77. The summed E-state index contributed by atoms with van der Waals surface area (Å²) in [6, 6.07) is 13.0. The predicted octanol–water partition coefficient (Wildman–Crippen LogP) is 5.20. The molecule has 2 amide bonds. The number of alkyl carbamates (subject to hydrolysis) is 1. The van der Waals surface area contributed by atoms with Gasteiger partial charge in [-0.15, -0.1) is 0 Å². The number of esters is 1. The standard InChI is InChI=1S/C35H49N7O5/c1-5-6-7-8-9-12-21-47-34(45)40-32(36)25-13-16-27(17-14-25)37-23-30-39-28-22-26(15-18-29(28)41(30)3)35(2,38-24-31(43)46-4)33(44)42-19-10-11-20-42/h13-18,22,37-38H,5-12,19-21,23-24H2,1-4H3,(H2,36,40,45). The van der Waals surface area contributed by atoms with Gasteiger partial charge < -0.3 is 24.3 Å². The van der Waals surface area contributed by atoms with Gasteiger partial charge in [0, 0.05) is 31.4 Å². The molecule has 1 unspecified atom stereocenters. The molecule has 2 heterocycles. The summed E-state index contributed by atoms with van der Waals surface area (Å²) in [6.07, 6.45) is 7.95. The molecule has 12 heteroatoms. The first-order valence-electron chi connectivity index (χ1n) is 16.6. The number of methoxy groups -OCH3 is 1. The molecule has 47 heavy (non-hydrogen) atoms. The Morgan fingerprint density at radius 3 is 2.40 bits per heavy atom. The topological polar surface area (TPSA) is 151 Å². The van der Waals surface area contributed by atoms with E-state index in [9.17, 15) is 14.4 Å². The van der Waals surface area contributed by atoms with Crippen LogP contribution in [0.25, 0.3) is 11.0 Å². The Bertz CT molecular complexity index is 1530. The lowest BCUT2D eigenvalue weighted by molar-refractivity contribution is -0.141. The van der Waals surface area contributed by atoms with E-state index >= 15 is 0 Å². The van der Waals surface area contributed by atoms with Crippen LogP contribution >= 0.6 is 0 Å². The Morgan fingerprint density at radius 1 is 1.00 bits per heavy atom. The van der Waals surface area contributed by atoms with Gasteiger partial charge in [0.15, 0.2) is 0 Å². The van der Waals surface area contributed by atoms with E-state index in [1.165, 1.54) is 26.4 Å². The van der Waals surface area contributed by atoms with Gasteiger partial charge in [0.2, 0.25) is 5.91 Å². The van der Waals surface area contributed by atoms with Crippen LogP contribution in [-0.2, 0) is 38.2 Å². The molecule has 0 saturated carbocycles. The van der Waals surface area contributed by atoms with E-state index in [-0.39, 0.29) is 18.3 Å². The average Bonchev–Trinajstić information content (AvgIpc) is 3.73. The van der Waals surface area contributed by atoms with Crippen molar-refractivity contribution in [2.24, 2.45) is 7.05 Å². The van der Waals surface area contributed by atoms with Crippen LogP contribution in [0, 0.1) is 5.41 Å². The lowest BCUT2D eigenvalue weighted by atomic mass is 9.89. The highest BCUT2D eigenvalue weighted by Gasteiger charge is 2.39. The molecule has 0 aliphatic carbocycles. The Kier molecular flexibility index (Phi) is 12.7. The third kappa shape index (κ3) is 9.31. The maximum atomic E-state index is 13.7. The van der Waals surface area contributed by atoms with Crippen LogP contribution in [0.2, 0.25) is 0 Å². The van der Waals surface area contributed by atoms with E-state index < -0.39 is 17.6 Å². The lowest BCUT2D eigenvalue weighted by Crippen LogP contribution is -2.54. The van der Waals surface area contributed by atoms with Crippen LogP contribution in [0.5, 0.6) is 0 Å². The van der Waals surface area contributed by atoms with Crippen molar-refractivity contribution >= 4 is 40.5 Å². The van der Waals surface area contributed by atoms with Crippen molar-refractivity contribution in [2.45, 2.75) is 77.3 Å². The number of likely N-dealkylation sites (tertiary alicyclic amines) is 1. The van der Waals surface area contributed by atoms with Gasteiger partial charge in [-0.3, -0.25) is 25.6 Å². The number of fused-ring (bicyclic) bond motifs is 1. The molecular weight excluding hydrogens is 598 g/mol. The molecule has 1 aliphatic heterocycles. The number of nitrogens with zero attached hydrogens (tertiary/aromatic N) is 3. The van der Waals surface area contributed by atoms with Gasteiger partial charge in [-0.05, 0) is 68.1 Å². The molecule has 0 spiro atoms. The second-order valence-corrected chi connectivity index (χ2v) is 12.2. The zero-order valence-electron chi connectivity index (χ0n) is 28.1. The Labute approximate surface area is 277 Å². The minimum absolute atomic E-state index is 0.0214. The smallest absolute Gasteiger partial charge is 0.412 e. The highest BCUT2D eigenvalue weighted by Crippen LogP contribution is 2.29. The molecule has 12 nitrogen and oxygen atoms in total. The van der Waals surface area contributed by atoms with Crippen LogP contribution in [0.3, 0.4) is 0 Å². The number of amides is 2. The Balaban J connectivity index is 1.36. The van der Waals surface area contributed by atoms with Crippen molar-refractivity contribution < 1.29 is 23.9 Å². The van der Waals surface area contributed by atoms with Crippen LogP contribution in [0.15, 0.2) is 42.5 Å². The fraction of sp³-hybridized carbons (Fsp3) is 0.514. The third-order valence-electron chi connectivity index (χ3n) is 8.77. The molecule has 254 valence electrons. The number of ether oxygens (including phenoxy) is 2. The molecule has 1 fully saturated rings. The minimum Gasteiger partial charge on any atom is -0.468 e. The third-order valence-corrected chi connectivity index (χ3v) is 8.77. The number of rotatable bonds is 16.